The van der Waals surface area contributed by atoms with Crippen LogP contribution in [0.5, 0.6) is 23.0 Å². The summed E-state index contributed by atoms with van der Waals surface area (Å²) in [5, 5.41) is 0. The summed E-state index contributed by atoms with van der Waals surface area (Å²) in [6.45, 7) is 3.74. The first-order valence-corrected chi connectivity index (χ1v) is 8.66. The molecule has 0 aliphatic heterocycles. The third-order valence-corrected chi connectivity index (χ3v) is 5.23. The van der Waals surface area contributed by atoms with Crippen molar-refractivity contribution in [3.63, 3.8) is 0 Å². The van der Waals surface area contributed by atoms with Crippen molar-refractivity contribution in [1.29, 1.82) is 0 Å². The van der Waals surface area contributed by atoms with Gasteiger partial charge in [-0.15, -0.1) is 0 Å². The van der Waals surface area contributed by atoms with Crippen molar-refractivity contribution >= 4 is 28.4 Å². The van der Waals surface area contributed by atoms with Crippen LogP contribution in [0.2, 0.25) is 0 Å². The number of methoxy groups -OCH3 is 4. The fraction of sp³-hybridized carbons (Fsp3) is 0.316. The number of halogens is 1. The third-order valence-electron chi connectivity index (χ3n) is 4.06. The molecule has 0 heterocycles. The Hall–Kier alpha value is -1.96. The molecular formula is C19H21IO5. The van der Waals surface area contributed by atoms with E-state index in [0.717, 1.165) is 14.7 Å². The minimum absolute atomic E-state index is 0.178. The van der Waals surface area contributed by atoms with E-state index < -0.39 is 0 Å². The number of rotatable bonds is 6. The molecule has 0 radical (unpaired) electrons. The van der Waals surface area contributed by atoms with E-state index in [2.05, 4.69) is 22.6 Å². The second-order valence-electron chi connectivity index (χ2n) is 5.42. The maximum absolute atomic E-state index is 13.4. The second-order valence-corrected chi connectivity index (χ2v) is 6.58. The van der Waals surface area contributed by atoms with Crippen molar-refractivity contribution in [2.24, 2.45) is 0 Å². The van der Waals surface area contributed by atoms with Crippen molar-refractivity contribution in [3.8, 4) is 23.0 Å². The van der Waals surface area contributed by atoms with Crippen LogP contribution in [0.25, 0.3) is 0 Å². The highest BCUT2D eigenvalue weighted by atomic mass is 127. The molecular weight excluding hydrogens is 435 g/mol. The van der Waals surface area contributed by atoms with E-state index >= 15 is 0 Å². The van der Waals surface area contributed by atoms with Crippen LogP contribution in [0.1, 0.15) is 27.0 Å². The molecule has 2 aromatic rings. The van der Waals surface area contributed by atoms with Crippen LogP contribution >= 0.6 is 22.6 Å². The average Bonchev–Trinajstić information content (AvgIpc) is 2.61. The summed E-state index contributed by atoms with van der Waals surface area (Å²) >= 11 is 2.20. The van der Waals surface area contributed by atoms with Crippen LogP contribution in [0.3, 0.4) is 0 Å². The molecule has 134 valence electrons. The lowest BCUT2D eigenvalue weighted by Crippen LogP contribution is -2.12. The van der Waals surface area contributed by atoms with E-state index in [0.29, 0.717) is 34.1 Å². The van der Waals surface area contributed by atoms with Gasteiger partial charge in [0.1, 0.15) is 5.75 Å². The Labute approximate surface area is 161 Å². The minimum Gasteiger partial charge on any atom is -0.496 e. The van der Waals surface area contributed by atoms with Gasteiger partial charge in [-0.3, -0.25) is 4.79 Å². The van der Waals surface area contributed by atoms with Gasteiger partial charge in [-0.1, -0.05) is 0 Å². The molecule has 0 bridgehead atoms. The van der Waals surface area contributed by atoms with Gasteiger partial charge in [0.15, 0.2) is 11.5 Å². The molecule has 0 saturated heterocycles. The largest absolute Gasteiger partial charge is 0.496 e. The topological polar surface area (TPSA) is 54.0 Å². The molecule has 25 heavy (non-hydrogen) atoms. The van der Waals surface area contributed by atoms with Crippen LogP contribution in [0.15, 0.2) is 18.2 Å². The molecule has 6 heteroatoms. The van der Waals surface area contributed by atoms with Gasteiger partial charge in [0.05, 0.1) is 39.6 Å². The zero-order chi connectivity index (χ0) is 18.7. The van der Waals surface area contributed by atoms with Crippen molar-refractivity contribution in [2.75, 3.05) is 28.4 Å². The second kappa shape index (κ2) is 7.95. The van der Waals surface area contributed by atoms with Gasteiger partial charge < -0.3 is 18.9 Å². The number of benzene rings is 2. The van der Waals surface area contributed by atoms with Crippen molar-refractivity contribution < 1.29 is 23.7 Å². The summed E-state index contributed by atoms with van der Waals surface area (Å²) < 4.78 is 22.7. The predicted molar refractivity (Wildman–Crippen MR) is 105 cm³/mol. The molecule has 0 N–H and O–H groups in total. The molecule has 0 aromatic heterocycles. The summed E-state index contributed by atoms with van der Waals surface area (Å²) in [7, 11) is 6.12. The molecule has 0 fully saturated rings. The number of carbonyl (C=O) groups excluding carboxylic acids is 1. The van der Waals surface area contributed by atoms with Crippen LogP contribution in [0.4, 0.5) is 0 Å². The average molecular weight is 456 g/mol. The highest BCUT2D eigenvalue weighted by molar-refractivity contribution is 14.1. The van der Waals surface area contributed by atoms with Gasteiger partial charge >= 0.3 is 0 Å². The van der Waals surface area contributed by atoms with Gasteiger partial charge in [-0.25, -0.2) is 0 Å². The van der Waals surface area contributed by atoms with E-state index in [9.17, 15) is 4.79 Å². The zero-order valence-electron chi connectivity index (χ0n) is 15.2. The lowest BCUT2D eigenvalue weighted by molar-refractivity contribution is 0.103. The summed E-state index contributed by atoms with van der Waals surface area (Å²) in [4.78, 5) is 13.4. The molecule has 0 unspecified atom stereocenters. The minimum atomic E-state index is -0.178. The highest BCUT2D eigenvalue weighted by Crippen LogP contribution is 2.43. The zero-order valence-corrected chi connectivity index (χ0v) is 17.3. The van der Waals surface area contributed by atoms with Crippen LogP contribution in [-0.4, -0.2) is 34.2 Å². The molecule has 0 saturated carbocycles. The predicted octanol–water partition coefficient (Wildman–Crippen LogP) is 4.17. The molecule has 0 atom stereocenters. The number of aryl methyl sites for hydroxylation is 1. The first-order valence-electron chi connectivity index (χ1n) is 7.58. The Morgan fingerprint density at radius 3 is 1.96 bits per heavy atom. The molecule has 0 amide bonds. The molecule has 2 aromatic carbocycles. The Kier molecular flexibility index (Phi) is 6.16. The normalized spacial score (nSPS) is 10.4. The van der Waals surface area contributed by atoms with Gasteiger partial charge in [0.2, 0.25) is 11.5 Å². The summed E-state index contributed by atoms with van der Waals surface area (Å²) in [6.07, 6.45) is 0. The van der Waals surface area contributed by atoms with E-state index in [1.165, 1.54) is 14.2 Å². The quantitative estimate of drug-likeness (QED) is 0.483. The van der Waals surface area contributed by atoms with E-state index in [4.69, 9.17) is 18.9 Å². The smallest absolute Gasteiger partial charge is 0.204 e. The molecule has 0 aliphatic rings. The fourth-order valence-electron chi connectivity index (χ4n) is 2.80. The van der Waals surface area contributed by atoms with Crippen molar-refractivity contribution in [1.82, 2.24) is 0 Å². The Bertz CT molecular complexity index is 814. The van der Waals surface area contributed by atoms with Crippen molar-refractivity contribution in [3.05, 3.63) is 44.0 Å². The maximum atomic E-state index is 13.4. The number of ketones is 1. The van der Waals surface area contributed by atoms with E-state index in [-0.39, 0.29) is 5.78 Å². The van der Waals surface area contributed by atoms with Gasteiger partial charge in [0, 0.05) is 3.57 Å². The molecule has 0 spiro atoms. The number of hydrogen-bond donors (Lipinski definition) is 0. The summed E-state index contributed by atoms with van der Waals surface area (Å²) in [6, 6.07) is 5.49. The Balaban J connectivity index is 2.79. The third kappa shape index (κ3) is 3.40. The van der Waals surface area contributed by atoms with Crippen LogP contribution in [0, 0.1) is 17.4 Å². The lowest BCUT2D eigenvalue weighted by atomic mass is 9.93. The Morgan fingerprint density at radius 1 is 0.840 bits per heavy atom. The highest BCUT2D eigenvalue weighted by Gasteiger charge is 2.27. The number of carbonyl (C=O) groups is 1. The van der Waals surface area contributed by atoms with Crippen LogP contribution in [-0.2, 0) is 0 Å². The monoisotopic (exact) mass is 456 g/mol. The number of hydrogen-bond acceptors (Lipinski definition) is 5. The van der Waals surface area contributed by atoms with E-state index in [1.807, 2.05) is 19.9 Å². The number of ether oxygens (including phenoxy) is 4. The first kappa shape index (κ1) is 19.4. The summed E-state index contributed by atoms with van der Waals surface area (Å²) in [5.41, 5.74) is 2.55. The fourth-order valence-corrected chi connectivity index (χ4v) is 3.25. The molecule has 0 aliphatic carbocycles. The molecule has 2 rings (SSSR count). The maximum Gasteiger partial charge on any atom is 0.204 e. The van der Waals surface area contributed by atoms with Gasteiger partial charge in [-0.2, -0.15) is 0 Å². The standard InChI is InChI=1S/C19H21IO5/c1-10-9-14(23-4)18(24-5)19(25-6)15(10)17(21)16-11(2)12(20)7-8-13(16)22-3/h7-9H,1-6H3. The first-order chi connectivity index (χ1) is 11.9. The lowest BCUT2D eigenvalue weighted by Gasteiger charge is -2.19. The van der Waals surface area contributed by atoms with Gasteiger partial charge in [0.25, 0.3) is 0 Å². The van der Waals surface area contributed by atoms with Crippen LogP contribution < -0.4 is 18.9 Å². The summed E-state index contributed by atoms with van der Waals surface area (Å²) in [5.74, 6) is 1.60. The SMILES string of the molecule is COc1cc(C)c(C(=O)c2c(OC)ccc(I)c2C)c(OC)c1OC. The van der Waals surface area contributed by atoms with Gasteiger partial charge in [-0.05, 0) is 65.8 Å². The molecule has 5 nitrogen and oxygen atoms in total. The Morgan fingerprint density at radius 2 is 1.44 bits per heavy atom. The van der Waals surface area contributed by atoms with E-state index in [1.54, 1.807) is 26.4 Å². The van der Waals surface area contributed by atoms with Crippen molar-refractivity contribution in [2.45, 2.75) is 13.8 Å².